The van der Waals surface area contributed by atoms with Gasteiger partial charge in [-0.3, -0.25) is 4.79 Å². The van der Waals surface area contributed by atoms with Crippen LogP contribution in [0.3, 0.4) is 0 Å². The zero-order valence-electron chi connectivity index (χ0n) is 12.1. The van der Waals surface area contributed by atoms with Crippen molar-refractivity contribution >= 4 is 5.91 Å². The van der Waals surface area contributed by atoms with Crippen molar-refractivity contribution in [2.75, 3.05) is 26.2 Å². The van der Waals surface area contributed by atoms with Gasteiger partial charge in [-0.2, -0.15) is 0 Å². The van der Waals surface area contributed by atoms with Gasteiger partial charge in [0.25, 0.3) is 0 Å². The molecular formula is C17H24N2O. The van der Waals surface area contributed by atoms with Gasteiger partial charge in [-0.1, -0.05) is 43.2 Å². The van der Waals surface area contributed by atoms with Crippen molar-refractivity contribution in [2.45, 2.75) is 37.5 Å². The van der Waals surface area contributed by atoms with E-state index in [-0.39, 0.29) is 5.41 Å². The third kappa shape index (κ3) is 2.47. The lowest BCUT2D eigenvalue weighted by Crippen LogP contribution is -2.46. The summed E-state index contributed by atoms with van der Waals surface area (Å²) in [6.45, 7) is 3.71. The van der Waals surface area contributed by atoms with E-state index in [9.17, 15) is 4.79 Å². The zero-order chi connectivity index (χ0) is 13.8. The fourth-order valence-electron chi connectivity index (χ4n) is 3.71. The lowest BCUT2D eigenvalue weighted by atomic mass is 9.77. The van der Waals surface area contributed by atoms with Crippen LogP contribution in [0.5, 0.6) is 0 Å². The van der Waals surface area contributed by atoms with Crippen LogP contribution in [0.2, 0.25) is 0 Å². The molecule has 1 saturated carbocycles. The minimum Gasteiger partial charge on any atom is -0.341 e. The summed E-state index contributed by atoms with van der Waals surface area (Å²) in [6.07, 6.45) is 5.44. The molecule has 3 nitrogen and oxygen atoms in total. The molecule has 3 heteroatoms. The summed E-state index contributed by atoms with van der Waals surface area (Å²) in [6, 6.07) is 10.4. The first kappa shape index (κ1) is 13.6. The predicted molar refractivity (Wildman–Crippen MR) is 80.7 cm³/mol. The second-order valence-electron chi connectivity index (χ2n) is 6.05. The van der Waals surface area contributed by atoms with Crippen molar-refractivity contribution in [3.05, 3.63) is 35.9 Å². The number of nitrogens with zero attached hydrogens (tertiary/aromatic N) is 1. The smallest absolute Gasteiger partial charge is 0.233 e. The minimum absolute atomic E-state index is 0.244. The molecular weight excluding hydrogens is 248 g/mol. The van der Waals surface area contributed by atoms with E-state index >= 15 is 0 Å². The second-order valence-corrected chi connectivity index (χ2v) is 6.05. The van der Waals surface area contributed by atoms with Crippen molar-refractivity contribution in [3.8, 4) is 0 Å². The standard InChI is InChI=1S/C17H24N2O/c20-16(19-13-6-11-18-12-14-19)17(9-4-5-10-17)15-7-2-1-3-8-15/h1-3,7-8,18H,4-6,9-14H2. The molecule has 0 unspecified atom stereocenters. The largest absolute Gasteiger partial charge is 0.341 e. The summed E-state index contributed by atoms with van der Waals surface area (Å²) in [4.78, 5) is 15.3. The Hall–Kier alpha value is -1.35. The Morgan fingerprint density at radius 1 is 1.00 bits per heavy atom. The Labute approximate surface area is 121 Å². The molecule has 1 aliphatic heterocycles. The summed E-state index contributed by atoms with van der Waals surface area (Å²) in [7, 11) is 0. The molecule has 2 fully saturated rings. The maximum absolute atomic E-state index is 13.2. The van der Waals surface area contributed by atoms with Gasteiger partial charge in [-0.05, 0) is 31.4 Å². The van der Waals surface area contributed by atoms with Crippen LogP contribution in [-0.2, 0) is 10.2 Å². The average Bonchev–Trinajstić information content (AvgIpc) is 2.84. The van der Waals surface area contributed by atoms with Crippen LogP contribution in [0.15, 0.2) is 30.3 Å². The quantitative estimate of drug-likeness (QED) is 0.896. The Morgan fingerprint density at radius 2 is 1.75 bits per heavy atom. The number of hydrogen-bond acceptors (Lipinski definition) is 2. The first-order chi connectivity index (χ1) is 9.83. The summed E-state index contributed by atoms with van der Waals surface area (Å²) < 4.78 is 0. The molecule has 2 aliphatic rings. The first-order valence-corrected chi connectivity index (χ1v) is 7.89. The number of amides is 1. The highest BCUT2D eigenvalue weighted by Crippen LogP contribution is 2.42. The van der Waals surface area contributed by atoms with Crippen LogP contribution in [0.1, 0.15) is 37.7 Å². The van der Waals surface area contributed by atoms with Crippen LogP contribution >= 0.6 is 0 Å². The van der Waals surface area contributed by atoms with Crippen LogP contribution in [0, 0.1) is 0 Å². The highest BCUT2D eigenvalue weighted by molar-refractivity contribution is 5.88. The SMILES string of the molecule is O=C(N1CCCNCC1)C1(c2ccccc2)CCCC1. The van der Waals surface area contributed by atoms with Crippen molar-refractivity contribution in [1.29, 1.82) is 0 Å². The Morgan fingerprint density at radius 3 is 2.50 bits per heavy atom. The normalized spacial score (nSPS) is 22.5. The highest BCUT2D eigenvalue weighted by atomic mass is 16.2. The predicted octanol–water partition coefficient (Wildman–Crippen LogP) is 2.32. The molecule has 20 heavy (non-hydrogen) atoms. The molecule has 1 aromatic carbocycles. The molecule has 0 aromatic heterocycles. The van der Waals surface area contributed by atoms with Crippen molar-refractivity contribution in [1.82, 2.24) is 10.2 Å². The number of carbonyl (C=O) groups excluding carboxylic acids is 1. The van der Waals surface area contributed by atoms with Crippen LogP contribution in [0.4, 0.5) is 0 Å². The van der Waals surface area contributed by atoms with Gasteiger partial charge in [0.1, 0.15) is 0 Å². The molecule has 0 radical (unpaired) electrons. The fourth-order valence-corrected chi connectivity index (χ4v) is 3.71. The molecule has 0 spiro atoms. The van der Waals surface area contributed by atoms with E-state index in [1.165, 1.54) is 18.4 Å². The fraction of sp³-hybridized carbons (Fsp3) is 0.588. The Bertz CT molecular complexity index is 443. The summed E-state index contributed by atoms with van der Waals surface area (Å²) in [5.41, 5.74) is 0.978. The Kier molecular flexibility index (Phi) is 4.06. The monoisotopic (exact) mass is 272 g/mol. The lowest BCUT2D eigenvalue weighted by Gasteiger charge is -2.34. The number of benzene rings is 1. The van der Waals surface area contributed by atoms with Gasteiger partial charge in [-0.25, -0.2) is 0 Å². The van der Waals surface area contributed by atoms with Gasteiger partial charge in [0.05, 0.1) is 5.41 Å². The van der Waals surface area contributed by atoms with E-state index in [0.717, 1.165) is 45.4 Å². The van der Waals surface area contributed by atoms with E-state index in [1.54, 1.807) is 0 Å². The number of rotatable bonds is 2. The van der Waals surface area contributed by atoms with Crippen LogP contribution in [-0.4, -0.2) is 37.0 Å². The van der Waals surface area contributed by atoms with Gasteiger partial charge in [0.15, 0.2) is 0 Å². The molecule has 0 atom stereocenters. The first-order valence-electron chi connectivity index (χ1n) is 7.89. The molecule has 1 heterocycles. The number of nitrogens with one attached hydrogen (secondary N) is 1. The highest BCUT2D eigenvalue weighted by Gasteiger charge is 2.44. The maximum atomic E-state index is 13.2. The molecule has 1 amide bonds. The molecule has 0 bridgehead atoms. The zero-order valence-corrected chi connectivity index (χ0v) is 12.1. The van der Waals surface area contributed by atoms with Crippen molar-refractivity contribution in [3.63, 3.8) is 0 Å². The van der Waals surface area contributed by atoms with E-state index in [1.807, 2.05) is 6.07 Å². The van der Waals surface area contributed by atoms with E-state index in [4.69, 9.17) is 0 Å². The van der Waals surface area contributed by atoms with E-state index in [2.05, 4.69) is 34.5 Å². The van der Waals surface area contributed by atoms with Gasteiger partial charge in [0.2, 0.25) is 5.91 Å². The Balaban J connectivity index is 1.88. The topological polar surface area (TPSA) is 32.3 Å². The van der Waals surface area contributed by atoms with Crippen LogP contribution in [0.25, 0.3) is 0 Å². The lowest BCUT2D eigenvalue weighted by molar-refractivity contribution is -0.137. The molecule has 1 aliphatic carbocycles. The minimum atomic E-state index is -0.244. The molecule has 1 aromatic rings. The summed E-state index contributed by atoms with van der Waals surface area (Å²) in [5, 5.41) is 3.38. The van der Waals surface area contributed by atoms with Gasteiger partial charge in [0, 0.05) is 19.6 Å². The van der Waals surface area contributed by atoms with Crippen molar-refractivity contribution in [2.24, 2.45) is 0 Å². The molecule has 3 rings (SSSR count). The second kappa shape index (κ2) is 5.96. The third-order valence-corrected chi connectivity index (χ3v) is 4.82. The maximum Gasteiger partial charge on any atom is 0.233 e. The van der Waals surface area contributed by atoms with E-state index in [0.29, 0.717) is 5.91 Å². The summed E-state index contributed by atoms with van der Waals surface area (Å²) >= 11 is 0. The third-order valence-electron chi connectivity index (χ3n) is 4.82. The number of carbonyl (C=O) groups is 1. The van der Waals surface area contributed by atoms with Gasteiger partial charge >= 0.3 is 0 Å². The molecule has 108 valence electrons. The summed E-state index contributed by atoms with van der Waals surface area (Å²) in [5.74, 6) is 0.366. The van der Waals surface area contributed by atoms with Gasteiger partial charge < -0.3 is 10.2 Å². The van der Waals surface area contributed by atoms with Crippen molar-refractivity contribution < 1.29 is 4.79 Å². The molecule has 1 saturated heterocycles. The van der Waals surface area contributed by atoms with Crippen LogP contribution < -0.4 is 5.32 Å². The van der Waals surface area contributed by atoms with E-state index < -0.39 is 0 Å². The number of hydrogen-bond donors (Lipinski definition) is 1. The van der Waals surface area contributed by atoms with Gasteiger partial charge in [-0.15, -0.1) is 0 Å². The average molecular weight is 272 g/mol. The molecule has 1 N–H and O–H groups in total.